The van der Waals surface area contributed by atoms with Crippen LogP contribution in [0.2, 0.25) is 0 Å². The van der Waals surface area contributed by atoms with Gasteiger partial charge in [0.1, 0.15) is 11.8 Å². The Balaban J connectivity index is 1.95. The predicted molar refractivity (Wildman–Crippen MR) is 78.5 cm³/mol. The number of nitrogens with one attached hydrogen (secondary N) is 2. The molecule has 7 heteroatoms. The average molecular weight is 289 g/mol. The van der Waals surface area contributed by atoms with Gasteiger partial charge in [-0.3, -0.25) is 15.1 Å². The maximum atomic E-state index is 11.9. The summed E-state index contributed by atoms with van der Waals surface area (Å²) >= 11 is 0. The van der Waals surface area contributed by atoms with Crippen molar-refractivity contribution in [1.29, 1.82) is 0 Å². The zero-order valence-corrected chi connectivity index (χ0v) is 12.3. The van der Waals surface area contributed by atoms with Gasteiger partial charge >= 0.3 is 0 Å². The quantitative estimate of drug-likeness (QED) is 0.846. The molecule has 0 aliphatic rings. The fraction of sp³-hybridized carbons (Fsp3) is 0.429. The van der Waals surface area contributed by atoms with Gasteiger partial charge in [-0.1, -0.05) is 19.9 Å². The minimum Gasteiger partial charge on any atom is -0.368 e. The Morgan fingerprint density at radius 2 is 2.14 bits per heavy atom. The number of carbonyl (C=O) groups is 1. The van der Waals surface area contributed by atoms with E-state index in [1.165, 1.54) is 0 Å². The van der Waals surface area contributed by atoms with Gasteiger partial charge < -0.3 is 9.72 Å². The smallest absolute Gasteiger partial charge is 0.255 e. The van der Waals surface area contributed by atoms with Gasteiger partial charge in [-0.15, -0.1) is 10.2 Å². The SMILES string of the molecule is CC(C)COC(C)C(=O)Nc1nnc(-c2ccccn2)[nH]1. The van der Waals surface area contributed by atoms with E-state index in [-0.39, 0.29) is 11.9 Å². The average Bonchev–Trinajstić information content (AvgIpc) is 2.94. The highest BCUT2D eigenvalue weighted by Gasteiger charge is 2.16. The highest BCUT2D eigenvalue weighted by Crippen LogP contribution is 2.12. The van der Waals surface area contributed by atoms with Crippen molar-refractivity contribution in [2.24, 2.45) is 5.92 Å². The van der Waals surface area contributed by atoms with Crippen molar-refractivity contribution in [2.45, 2.75) is 26.9 Å². The van der Waals surface area contributed by atoms with Crippen molar-refractivity contribution >= 4 is 11.9 Å². The van der Waals surface area contributed by atoms with E-state index < -0.39 is 6.10 Å². The summed E-state index contributed by atoms with van der Waals surface area (Å²) in [5, 5.41) is 10.5. The van der Waals surface area contributed by atoms with Crippen LogP contribution in [0, 0.1) is 5.92 Å². The number of ether oxygens (including phenoxy) is 1. The number of amides is 1. The zero-order chi connectivity index (χ0) is 15.2. The van der Waals surface area contributed by atoms with Crippen molar-refractivity contribution < 1.29 is 9.53 Å². The number of aromatic nitrogens is 4. The van der Waals surface area contributed by atoms with Gasteiger partial charge in [0.25, 0.3) is 5.91 Å². The van der Waals surface area contributed by atoms with Gasteiger partial charge in [0, 0.05) is 12.8 Å². The Bertz CT molecular complexity index is 582. The van der Waals surface area contributed by atoms with Gasteiger partial charge in [-0.2, -0.15) is 0 Å². The molecule has 0 saturated heterocycles. The fourth-order valence-electron chi connectivity index (χ4n) is 1.57. The third-order valence-electron chi connectivity index (χ3n) is 2.68. The minimum absolute atomic E-state index is 0.264. The number of carbonyl (C=O) groups excluding carboxylic acids is 1. The molecule has 0 radical (unpaired) electrons. The van der Waals surface area contributed by atoms with E-state index in [9.17, 15) is 4.79 Å². The summed E-state index contributed by atoms with van der Waals surface area (Å²) in [5.74, 6) is 0.892. The number of rotatable bonds is 6. The van der Waals surface area contributed by atoms with E-state index in [0.717, 1.165) is 0 Å². The van der Waals surface area contributed by atoms with E-state index >= 15 is 0 Å². The third-order valence-corrected chi connectivity index (χ3v) is 2.68. The van der Waals surface area contributed by atoms with Gasteiger partial charge in [0.05, 0.1) is 0 Å². The lowest BCUT2D eigenvalue weighted by molar-refractivity contribution is -0.127. The first-order valence-corrected chi connectivity index (χ1v) is 6.83. The Morgan fingerprint density at radius 1 is 1.33 bits per heavy atom. The van der Waals surface area contributed by atoms with Gasteiger partial charge in [0.2, 0.25) is 5.95 Å². The summed E-state index contributed by atoms with van der Waals surface area (Å²) < 4.78 is 5.44. The van der Waals surface area contributed by atoms with E-state index in [1.54, 1.807) is 19.2 Å². The molecule has 1 unspecified atom stereocenters. The number of anilines is 1. The van der Waals surface area contributed by atoms with Crippen LogP contribution in [-0.2, 0) is 9.53 Å². The van der Waals surface area contributed by atoms with E-state index in [0.29, 0.717) is 24.0 Å². The van der Waals surface area contributed by atoms with Crippen LogP contribution < -0.4 is 5.32 Å². The third kappa shape index (κ3) is 4.35. The van der Waals surface area contributed by atoms with Crippen LogP contribution in [0.25, 0.3) is 11.5 Å². The monoisotopic (exact) mass is 289 g/mol. The molecule has 2 aromatic heterocycles. The van der Waals surface area contributed by atoms with Crippen LogP contribution in [0.4, 0.5) is 5.95 Å². The molecule has 21 heavy (non-hydrogen) atoms. The first-order chi connectivity index (χ1) is 10.1. The van der Waals surface area contributed by atoms with Crippen molar-refractivity contribution in [1.82, 2.24) is 20.2 Å². The molecule has 0 spiro atoms. The number of nitrogens with zero attached hydrogens (tertiary/aromatic N) is 3. The van der Waals surface area contributed by atoms with Gasteiger partial charge in [0.15, 0.2) is 5.82 Å². The number of hydrogen-bond donors (Lipinski definition) is 2. The molecule has 2 aromatic rings. The molecule has 0 bridgehead atoms. The second kappa shape index (κ2) is 6.94. The molecule has 0 aromatic carbocycles. The second-order valence-corrected chi connectivity index (χ2v) is 5.10. The van der Waals surface area contributed by atoms with Crippen LogP contribution in [0.15, 0.2) is 24.4 Å². The van der Waals surface area contributed by atoms with Crippen molar-refractivity contribution in [2.75, 3.05) is 11.9 Å². The van der Waals surface area contributed by atoms with Crippen LogP contribution in [0.1, 0.15) is 20.8 Å². The molecule has 2 rings (SSSR count). The fourth-order valence-corrected chi connectivity index (χ4v) is 1.57. The molecular weight excluding hydrogens is 270 g/mol. The zero-order valence-electron chi connectivity index (χ0n) is 12.3. The lowest BCUT2D eigenvalue weighted by atomic mass is 10.2. The minimum atomic E-state index is -0.546. The molecule has 0 aliphatic carbocycles. The van der Waals surface area contributed by atoms with Crippen LogP contribution in [0.3, 0.4) is 0 Å². The van der Waals surface area contributed by atoms with Gasteiger partial charge in [-0.05, 0) is 25.0 Å². The maximum Gasteiger partial charge on any atom is 0.255 e. The Hall–Kier alpha value is -2.28. The van der Waals surface area contributed by atoms with E-state index in [4.69, 9.17) is 4.74 Å². The highest BCUT2D eigenvalue weighted by atomic mass is 16.5. The summed E-state index contributed by atoms with van der Waals surface area (Å²) in [6.07, 6.45) is 1.12. The molecule has 1 atom stereocenters. The summed E-state index contributed by atoms with van der Waals surface area (Å²) in [6, 6.07) is 5.47. The lowest BCUT2D eigenvalue weighted by Gasteiger charge is -2.13. The molecule has 2 heterocycles. The molecule has 1 amide bonds. The number of H-pyrrole nitrogens is 1. The Kier molecular flexibility index (Phi) is 4.99. The van der Waals surface area contributed by atoms with Crippen molar-refractivity contribution in [3.8, 4) is 11.5 Å². The standard InChI is InChI=1S/C14H19N5O2/c1-9(2)8-21-10(3)13(20)17-14-16-12(18-19-14)11-6-4-5-7-15-11/h4-7,9-10H,8H2,1-3H3,(H2,16,17,18,19,20). The van der Waals surface area contributed by atoms with Crippen LogP contribution in [0.5, 0.6) is 0 Å². The summed E-state index contributed by atoms with van der Waals surface area (Å²) in [7, 11) is 0. The van der Waals surface area contributed by atoms with Crippen LogP contribution in [-0.4, -0.2) is 38.8 Å². The predicted octanol–water partition coefficient (Wildman–Crippen LogP) is 1.87. The largest absolute Gasteiger partial charge is 0.368 e. The van der Waals surface area contributed by atoms with Crippen molar-refractivity contribution in [3.05, 3.63) is 24.4 Å². The summed E-state index contributed by atoms with van der Waals surface area (Å²) in [4.78, 5) is 19.0. The number of pyridine rings is 1. The normalized spacial score (nSPS) is 12.4. The Labute approximate surface area is 123 Å². The summed E-state index contributed by atoms with van der Waals surface area (Å²) in [6.45, 7) is 6.29. The molecule has 7 nitrogen and oxygen atoms in total. The number of hydrogen-bond acceptors (Lipinski definition) is 5. The number of aromatic amines is 1. The second-order valence-electron chi connectivity index (χ2n) is 5.10. The van der Waals surface area contributed by atoms with Crippen molar-refractivity contribution in [3.63, 3.8) is 0 Å². The molecule has 0 fully saturated rings. The molecular formula is C14H19N5O2. The topological polar surface area (TPSA) is 92.8 Å². The molecule has 0 saturated carbocycles. The summed E-state index contributed by atoms with van der Waals surface area (Å²) in [5.41, 5.74) is 0.662. The molecule has 112 valence electrons. The molecule has 2 N–H and O–H groups in total. The van der Waals surface area contributed by atoms with Gasteiger partial charge in [-0.25, -0.2) is 0 Å². The van der Waals surface area contributed by atoms with Crippen LogP contribution >= 0.6 is 0 Å². The Morgan fingerprint density at radius 3 is 2.81 bits per heavy atom. The van der Waals surface area contributed by atoms with E-state index in [2.05, 4.69) is 25.5 Å². The maximum absolute atomic E-state index is 11.9. The van der Waals surface area contributed by atoms with E-state index in [1.807, 2.05) is 26.0 Å². The first kappa shape index (κ1) is 15.1. The highest BCUT2D eigenvalue weighted by molar-refractivity contribution is 5.92. The first-order valence-electron chi connectivity index (χ1n) is 6.83. The lowest BCUT2D eigenvalue weighted by Crippen LogP contribution is -2.29. The molecule has 0 aliphatic heterocycles.